The molecule has 0 aliphatic carbocycles. The molecule has 0 bridgehead atoms. The van der Waals surface area contributed by atoms with Gasteiger partial charge in [-0.15, -0.1) is 11.6 Å². The van der Waals surface area contributed by atoms with Gasteiger partial charge in [0.2, 0.25) is 0 Å². The number of alkyl halides is 1. The van der Waals surface area contributed by atoms with E-state index >= 15 is 0 Å². The molecular formula is C13H20ClN3O2. The molecule has 0 aromatic carbocycles. The normalized spacial score (nSPS) is 16.8. The summed E-state index contributed by atoms with van der Waals surface area (Å²) >= 11 is 5.62. The van der Waals surface area contributed by atoms with Crippen molar-refractivity contribution in [2.45, 2.75) is 31.9 Å². The Labute approximate surface area is 118 Å². The number of ether oxygens (including phenoxy) is 1. The third-order valence-electron chi connectivity index (χ3n) is 3.50. The lowest BCUT2D eigenvalue weighted by Gasteiger charge is -2.32. The molecule has 2 heterocycles. The van der Waals surface area contributed by atoms with Gasteiger partial charge in [-0.25, -0.2) is 4.68 Å². The highest BCUT2D eigenvalue weighted by Crippen LogP contribution is 2.18. The highest BCUT2D eigenvalue weighted by molar-refractivity contribution is 6.17. The van der Waals surface area contributed by atoms with E-state index in [1.807, 2.05) is 0 Å². The van der Waals surface area contributed by atoms with E-state index in [2.05, 4.69) is 10.00 Å². The molecule has 0 radical (unpaired) electrons. The third-order valence-corrected chi connectivity index (χ3v) is 3.77. The summed E-state index contributed by atoms with van der Waals surface area (Å²) < 4.78 is 6.81. The van der Waals surface area contributed by atoms with Gasteiger partial charge in [-0.3, -0.25) is 4.79 Å². The summed E-state index contributed by atoms with van der Waals surface area (Å²) in [6.07, 6.45) is 4.85. The standard InChI is InChI=1S/C13H20ClN3O2/c1-19-12-3-7-16(8-4-12)11-9-13(18)17(15-10-11)6-2-5-14/h9-10,12H,2-8H2,1H3. The van der Waals surface area contributed by atoms with Crippen molar-refractivity contribution in [3.63, 3.8) is 0 Å². The molecule has 1 fully saturated rings. The second-order valence-electron chi connectivity index (χ2n) is 4.74. The fourth-order valence-corrected chi connectivity index (χ4v) is 2.44. The Morgan fingerprint density at radius 3 is 2.79 bits per heavy atom. The quantitative estimate of drug-likeness (QED) is 0.769. The molecule has 19 heavy (non-hydrogen) atoms. The topological polar surface area (TPSA) is 47.4 Å². The molecule has 0 spiro atoms. The predicted octanol–water partition coefficient (Wildman–Crippen LogP) is 1.49. The summed E-state index contributed by atoms with van der Waals surface area (Å²) in [5.41, 5.74) is 0.846. The third kappa shape index (κ3) is 3.70. The van der Waals surface area contributed by atoms with Crippen molar-refractivity contribution in [2.75, 3.05) is 31.0 Å². The number of piperidine rings is 1. The molecule has 0 atom stereocenters. The number of nitrogens with zero attached hydrogens (tertiary/aromatic N) is 3. The van der Waals surface area contributed by atoms with Crippen LogP contribution in [-0.2, 0) is 11.3 Å². The van der Waals surface area contributed by atoms with Gasteiger partial charge in [0, 0.05) is 38.7 Å². The number of aromatic nitrogens is 2. The first-order valence-electron chi connectivity index (χ1n) is 6.65. The van der Waals surface area contributed by atoms with Gasteiger partial charge >= 0.3 is 0 Å². The number of halogens is 1. The van der Waals surface area contributed by atoms with Crippen LogP contribution in [-0.4, -0.2) is 42.0 Å². The van der Waals surface area contributed by atoms with Crippen LogP contribution in [0, 0.1) is 0 Å². The number of anilines is 1. The molecule has 1 saturated heterocycles. The summed E-state index contributed by atoms with van der Waals surface area (Å²) in [7, 11) is 1.75. The first-order chi connectivity index (χ1) is 9.24. The summed E-state index contributed by atoms with van der Waals surface area (Å²) in [4.78, 5) is 14.1. The molecule has 0 unspecified atom stereocenters. The van der Waals surface area contributed by atoms with Gasteiger partial charge in [0.15, 0.2) is 0 Å². The van der Waals surface area contributed by atoms with Crippen molar-refractivity contribution in [1.82, 2.24) is 9.78 Å². The number of hydrogen-bond acceptors (Lipinski definition) is 4. The summed E-state index contributed by atoms with van der Waals surface area (Å²) in [5, 5.41) is 4.20. The van der Waals surface area contributed by atoms with Crippen LogP contribution < -0.4 is 10.5 Å². The summed E-state index contributed by atoms with van der Waals surface area (Å²) in [6, 6.07) is 1.66. The van der Waals surface area contributed by atoms with Gasteiger partial charge in [-0.05, 0) is 19.3 Å². The van der Waals surface area contributed by atoms with Crippen molar-refractivity contribution in [3.05, 3.63) is 22.6 Å². The molecule has 2 rings (SSSR count). The maximum atomic E-state index is 11.9. The van der Waals surface area contributed by atoms with Crippen molar-refractivity contribution in [2.24, 2.45) is 0 Å². The summed E-state index contributed by atoms with van der Waals surface area (Å²) in [5.74, 6) is 0.542. The molecule has 6 heteroatoms. The van der Waals surface area contributed by atoms with Gasteiger partial charge in [0.1, 0.15) is 0 Å². The Morgan fingerprint density at radius 1 is 1.47 bits per heavy atom. The van der Waals surface area contributed by atoms with Crippen LogP contribution in [0.5, 0.6) is 0 Å². The number of hydrogen-bond donors (Lipinski definition) is 0. The highest BCUT2D eigenvalue weighted by Gasteiger charge is 2.19. The lowest BCUT2D eigenvalue weighted by Crippen LogP contribution is -2.37. The van der Waals surface area contributed by atoms with E-state index in [-0.39, 0.29) is 5.56 Å². The average molecular weight is 286 g/mol. The smallest absolute Gasteiger partial charge is 0.268 e. The minimum atomic E-state index is -0.0588. The van der Waals surface area contributed by atoms with Gasteiger partial charge in [0.25, 0.3) is 5.56 Å². The number of methoxy groups -OCH3 is 1. The monoisotopic (exact) mass is 285 g/mol. The zero-order valence-corrected chi connectivity index (χ0v) is 12.0. The van der Waals surface area contributed by atoms with Crippen LogP contribution in [0.1, 0.15) is 19.3 Å². The van der Waals surface area contributed by atoms with E-state index in [4.69, 9.17) is 16.3 Å². The van der Waals surface area contributed by atoms with E-state index in [9.17, 15) is 4.79 Å². The molecule has 5 nitrogen and oxygen atoms in total. The maximum Gasteiger partial charge on any atom is 0.268 e. The van der Waals surface area contributed by atoms with Crippen LogP contribution >= 0.6 is 11.6 Å². The Bertz CT molecular complexity index is 455. The summed E-state index contributed by atoms with van der Waals surface area (Å²) in [6.45, 7) is 2.39. The first kappa shape index (κ1) is 14.3. The van der Waals surface area contributed by atoms with Gasteiger partial charge in [-0.1, -0.05) is 0 Å². The SMILES string of the molecule is COC1CCN(c2cnn(CCCCl)c(=O)c2)CC1. The second-order valence-corrected chi connectivity index (χ2v) is 5.12. The van der Waals surface area contributed by atoms with Crippen molar-refractivity contribution < 1.29 is 4.74 Å². The van der Waals surface area contributed by atoms with Crippen LogP contribution in [0.3, 0.4) is 0 Å². The largest absolute Gasteiger partial charge is 0.381 e. The van der Waals surface area contributed by atoms with E-state index in [1.54, 1.807) is 19.4 Å². The predicted molar refractivity (Wildman–Crippen MR) is 76.1 cm³/mol. The van der Waals surface area contributed by atoms with E-state index < -0.39 is 0 Å². The Balaban J connectivity index is 2.02. The van der Waals surface area contributed by atoms with Crippen molar-refractivity contribution >= 4 is 17.3 Å². The van der Waals surface area contributed by atoms with E-state index in [1.165, 1.54) is 4.68 Å². The second kappa shape index (κ2) is 6.91. The van der Waals surface area contributed by atoms with Crippen LogP contribution in [0.4, 0.5) is 5.69 Å². The molecule has 0 N–H and O–H groups in total. The molecule has 0 saturated carbocycles. The Kier molecular flexibility index (Phi) is 5.22. The van der Waals surface area contributed by atoms with E-state index in [0.29, 0.717) is 18.5 Å². The Morgan fingerprint density at radius 2 is 2.21 bits per heavy atom. The zero-order chi connectivity index (χ0) is 13.7. The van der Waals surface area contributed by atoms with Crippen LogP contribution in [0.25, 0.3) is 0 Å². The van der Waals surface area contributed by atoms with Gasteiger partial charge in [0.05, 0.1) is 18.0 Å². The molecule has 1 aromatic rings. The number of rotatable bonds is 5. The molecule has 1 aliphatic heterocycles. The molecule has 106 valence electrons. The lowest BCUT2D eigenvalue weighted by atomic mass is 10.1. The molecular weight excluding hydrogens is 266 g/mol. The van der Waals surface area contributed by atoms with Gasteiger partial charge in [-0.2, -0.15) is 5.10 Å². The van der Waals surface area contributed by atoms with Crippen molar-refractivity contribution in [1.29, 1.82) is 0 Å². The molecule has 1 aliphatic rings. The molecule has 0 amide bonds. The lowest BCUT2D eigenvalue weighted by molar-refractivity contribution is 0.0819. The minimum absolute atomic E-state index is 0.0588. The zero-order valence-electron chi connectivity index (χ0n) is 11.2. The van der Waals surface area contributed by atoms with Crippen LogP contribution in [0.15, 0.2) is 17.1 Å². The fraction of sp³-hybridized carbons (Fsp3) is 0.692. The number of aryl methyl sites for hydroxylation is 1. The minimum Gasteiger partial charge on any atom is -0.381 e. The fourth-order valence-electron chi connectivity index (χ4n) is 2.32. The Hall–Kier alpha value is -1.07. The van der Waals surface area contributed by atoms with Crippen molar-refractivity contribution in [3.8, 4) is 0 Å². The maximum absolute atomic E-state index is 11.9. The van der Waals surface area contributed by atoms with Gasteiger partial charge < -0.3 is 9.64 Å². The average Bonchev–Trinajstić information content (AvgIpc) is 2.46. The molecule has 1 aromatic heterocycles. The highest BCUT2D eigenvalue weighted by atomic mass is 35.5. The first-order valence-corrected chi connectivity index (χ1v) is 7.19. The van der Waals surface area contributed by atoms with Crippen LogP contribution in [0.2, 0.25) is 0 Å². The van der Waals surface area contributed by atoms with E-state index in [0.717, 1.165) is 38.0 Å².